The van der Waals surface area contributed by atoms with Crippen molar-refractivity contribution in [2.24, 2.45) is 0 Å². The van der Waals surface area contributed by atoms with Crippen LogP contribution in [0.2, 0.25) is 0 Å². The van der Waals surface area contributed by atoms with Crippen LogP contribution < -0.4 is 4.90 Å². The van der Waals surface area contributed by atoms with Crippen LogP contribution >= 0.6 is 22.7 Å². The van der Waals surface area contributed by atoms with Gasteiger partial charge in [-0.15, -0.1) is 22.7 Å². The summed E-state index contributed by atoms with van der Waals surface area (Å²) in [5.74, 6) is 0. The van der Waals surface area contributed by atoms with Gasteiger partial charge in [0.05, 0.1) is 16.7 Å². The molecule has 0 aliphatic rings. The normalized spacial score (nSPS) is 11.8. The summed E-state index contributed by atoms with van der Waals surface area (Å²) in [6.07, 6.45) is 0. The first-order valence-corrected chi connectivity index (χ1v) is 19.2. The molecule has 3 aromatic heterocycles. The minimum atomic E-state index is 1.12. The molecule has 0 amide bonds. The molecule has 11 aromatic rings. The predicted molar refractivity (Wildman–Crippen MR) is 227 cm³/mol. The predicted octanol–water partition coefficient (Wildman–Crippen LogP) is 14.7. The van der Waals surface area contributed by atoms with Gasteiger partial charge in [-0.05, 0) is 96.1 Å². The van der Waals surface area contributed by atoms with Crippen molar-refractivity contribution in [3.63, 3.8) is 0 Å². The molecule has 0 radical (unpaired) electrons. The van der Waals surface area contributed by atoms with Gasteiger partial charge in [0.15, 0.2) is 0 Å². The number of anilines is 3. The van der Waals surface area contributed by atoms with E-state index < -0.39 is 0 Å². The van der Waals surface area contributed by atoms with E-state index in [1.807, 2.05) is 22.7 Å². The van der Waals surface area contributed by atoms with Crippen LogP contribution in [0.15, 0.2) is 182 Å². The summed E-state index contributed by atoms with van der Waals surface area (Å²) < 4.78 is 7.64. The van der Waals surface area contributed by atoms with Crippen LogP contribution in [0.5, 0.6) is 0 Å². The van der Waals surface area contributed by atoms with E-state index in [1.54, 1.807) is 0 Å². The highest BCUT2D eigenvalue weighted by Gasteiger charge is 2.21. The van der Waals surface area contributed by atoms with Crippen LogP contribution in [0.3, 0.4) is 0 Å². The van der Waals surface area contributed by atoms with Crippen LogP contribution in [-0.4, -0.2) is 4.57 Å². The minimum absolute atomic E-state index is 1.12. The van der Waals surface area contributed by atoms with Crippen molar-refractivity contribution in [1.82, 2.24) is 4.57 Å². The molecule has 0 spiro atoms. The van der Waals surface area contributed by atoms with Crippen molar-refractivity contribution in [3.05, 3.63) is 182 Å². The first-order valence-electron chi connectivity index (χ1n) is 17.6. The van der Waals surface area contributed by atoms with E-state index in [9.17, 15) is 0 Å². The number of fused-ring (bicyclic) bond motifs is 9. The van der Waals surface area contributed by atoms with Crippen molar-refractivity contribution in [1.29, 1.82) is 0 Å². The Balaban J connectivity index is 1.12. The number of thiophene rings is 2. The summed E-state index contributed by atoms with van der Waals surface area (Å²) in [6, 6.07) is 66.7. The van der Waals surface area contributed by atoms with Crippen molar-refractivity contribution < 1.29 is 0 Å². The Morgan fingerprint density at radius 1 is 0.365 bits per heavy atom. The molecule has 3 heterocycles. The maximum absolute atomic E-state index is 2.45. The minimum Gasteiger partial charge on any atom is -0.310 e. The van der Waals surface area contributed by atoms with E-state index in [4.69, 9.17) is 0 Å². The third-order valence-electron chi connectivity index (χ3n) is 10.4. The number of hydrogen-bond acceptors (Lipinski definition) is 3. The van der Waals surface area contributed by atoms with Crippen LogP contribution in [0.4, 0.5) is 17.1 Å². The van der Waals surface area contributed by atoms with Gasteiger partial charge in [-0.2, -0.15) is 0 Å². The first kappa shape index (κ1) is 29.5. The molecule has 11 rings (SSSR count). The maximum Gasteiger partial charge on any atom is 0.0554 e. The fraction of sp³-hybridized carbons (Fsp3) is 0. The Labute approximate surface area is 308 Å². The lowest BCUT2D eigenvalue weighted by Crippen LogP contribution is -2.10. The zero-order chi connectivity index (χ0) is 34.2. The highest BCUT2D eigenvalue weighted by Crippen LogP contribution is 2.46. The summed E-state index contributed by atoms with van der Waals surface area (Å²) in [6.45, 7) is 0. The molecule has 0 unspecified atom stereocenters. The summed E-state index contributed by atoms with van der Waals surface area (Å²) in [5.41, 5.74) is 9.44. The molecular formula is C48H30N2S2. The molecule has 0 atom stereocenters. The van der Waals surface area contributed by atoms with Gasteiger partial charge in [0.1, 0.15) is 0 Å². The van der Waals surface area contributed by atoms with Gasteiger partial charge in [0, 0.05) is 68.2 Å². The van der Waals surface area contributed by atoms with E-state index in [2.05, 4.69) is 191 Å². The lowest BCUT2D eigenvalue weighted by atomic mass is 10.0. The standard InChI is InChI=1S/C48H30N2S2/c1-2-11-33(12-3-1)50-41-16-7-4-13-36(41)39-30-35(26-27-42(39)50)49(43-17-10-20-47-48(43)38-15-6-9-19-45(38)52-47)34-24-21-31(22-25-34)32-23-28-46-40(29-32)37-14-5-8-18-44(37)51-46/h1-30H. The van der Waals surface area contributed by atoms with Gasteiger partial charge in [-0.1, -0.05) is 97.1 Å². The monoisotopic (exact) mass is 698 g/mol. The Morgan fingerprint density at radius 3 is 1.83 bits per heavy atom. The first-order chi connectivity index (χ1) is 25.8. The third-order valence-corrected chi connectivity index (χ3v) is 12.7. The molecule has 0 saturated carbocycles. The van der Waals surface area contributed by atoms with Crippen molar-refractivity contribution >= 4 is 102 Å². The van der Waals surface area contributed by atoms with E-state index >= 15 is 0 Å². The van der Waals surface area contributed by atoms with E-state index in [-0.39, 0.29) is 0 Å². The molecule has 0 fully saturated rings. The maximum atomic E-state index is 2.45. The second-order valence-corrected chi connectivity index (χ2v) is 15.5. The zero-order valence-corrected chi connectivity index (χ0v) is 29.7. The molecule has 52 heavy (non-hydrogen) atoms. The van der Waals surface area contributed by atoms with Crippen LogP contribution in [0, 0.1) is 0 Å². The lowest BCUT2D eigenvalue weighted by Gasteiger charge is -2.27. The lowest BCUT2D eigenvalue weighted by molar-refractivity contribution is 1.18. The third kappa shape index (κ3) is 4.55. The number of hydrogen-bond donors (Lipinski definition) is 0. The molecule has 0 aliphatic carbocycles. The zero-order valence-electron chi connectivity index (χ0n) is 28.0. The number of benzene rings is 8. The Kier molecular flexibility index (Phi) is 6.63. The molecule has 244 valence electrons. The van der Waals surface area contributed by atoms with E-state index in [0.717, 1.165) is 17.1 Å². The second kappa shape index (κ2) is 11.7. The Hall–Kier alpha value is -6.20. The summed E-state index contributed by atoms with van der Waals surface area (Å²) >= 11 is 3.73. The smallest absolute Gasteiger partial charge is 0.0554 e. The van der Waals surface area contributed by atoms with Crippen molar-refractivity contribution in [2.75, 3.05) is 4.90 Å². The summed E-state index contributed by atoms with van der Waals surface area (Å²) in [5, 5.41) is 7.70. The fourth-order valence-corrected chi connectivity index (χ4v) is 10.2. The SMILES string of the molecule is c1ccc(-n2c3ccccc3c3cc(N(c4ccc(-c5ccc6sc7ccccc7c6c5)cc4)c4cccc5sc6ccccc6c45)ccc32)cc1. The van der Waals surface area contributed by atoms with E-state index in [0.29, 0.717) is 0 Å². The van der Waals surface area contributed by atoms with Gasteiger partial charge in [-0.3, -0.25) is 0 Å². The van der Waals surface area contributed by atoms with Crippen molar-refractivity contribution in [3.8, 4) is 16.8 Å². The average molecular weight is 699 g/mol. The van der Waals surface area contributed by atoms with Gasteiger partial charge >= 0.3 is 0 Å². The van der Waals surface area contributed by atoms with E-state index in [1.165, 1.54) is 79.0 Å². The van der Waals surface area contributed by atoms with Gasteiger partial charge in [-0.25, -0.2) is 0 Å². The number of nitrogens with zero attached hydrogens (tertiary/aromatic N) is 2. The summed E-state index contributed by atoms with van der Waals surface area (Å²) in [4.78, 5) is 2.45. The fourth-order valence-electron chi connectivity index (χ4n) is 8.03. The van der Waals surface area contributed by atoms with Crippen LogP contribution in [-0.2, 0) is 0 Å². The van der Waals surface area contributed by atoms with Crippen LogP contribution in [0.25, 0.3) is 79.0 Å². The molecule has 0 bridgehead atoms. The van der Waals surface area contributed by atoms with Crippen LogP contribution in [0.1, 0.15) is 0 Å². The summed E-state index contributed by atoms with van der Waals surface area (Å²) in [7, 11) is 0. The molecule has 2 nitrogen and oxygen atoms in total. The number of aromatic nitrogens is 1. The highest BCUT2D eigenvalue weighted by atomic mass is 32.1. The second-order valence-electron chi connectivity index (χ2n) is 13.3. The number of para-hydroxylation sites is 2. The molecule has 8 aromatic carbocycles. The van der Waals surface area contributed by atoms with Gasteiger partial charge in [0.2, 0.25) is 0 Å². The topological polar surface area (TPSA) is 8.17 Å². The Morgan fingerprint density at radius 2 is 0.981 bits per heavy atom. The van der Waals surface area contributed by atoms with Gasteiger partial charge < -0.3 is 9.47 Å². The average Bonchev–Trinajstić information content (AvgIpc) is 3.88. The largest absolute Gasteiger partial charge is 0.310 e. The molecule has 4 heteroatoms. The Bertz CT molecular complexity index is 3130. The van der Waals surface area contributed by atoms with Gasteiger partial charge in [0.25, 0.3) is 0 Å². The van der Waals surface area contributed by atoms with Crippen molar-refractivity contribution in [2.45, 2.75) is 0 Å². The molecule has 0 N–H and O–H groups in total. The molecular weight excluding hydrogens is 669 g/mol. The molecule has 0 saturated heterocycles. The quantitative estimate of drug-likeness (QED) is 0.174. The molecule has 0 aliphatic heterocycles. The highest BCUT2D eigenvalue weighted by molar-refractivity contribution is 7.26. The number of rotatable bonds is 5.